The Labute approximate surface area is 171 Å². The van der Waals surface area contributed by atoms with Crippen LogP contribution in [0.4, 0.5) is 13.2 Å². The van der Waals surface area contributed by atoms with Crippen molar-refractivity contribution in [2.45, 2.75) is 64.8 Å². The lowest BCUT2D eigenvalue weighted by Gasteiger charge is -2.15. The van der Waals surface area contributed by atoms with E-state index in [1.54, 1.807) is 10.9 Å². The summed E-state index contributed by atoms with van der Waals surface area (Å²) in [6.45, 7) is 5.74. The Balaban J connectivity index is 1.64. The van der Waals surface area contributed by atoms with E-state index < -0.39 is 11.7 Å². The second kappa shape index (κ2) is 7.41. The van der Waals surface area contributed by atoms with Crippen LogP contribution in [0.1, 0.15) is 61.3 Å². The molecule has 0 bridgehead atoms. The number of rotatable bonds is 6. The van der Waals surface area contributed by atoms with E-state index in [-0.39, 0.29) is 41.1 Å². The first-order chi connectivity index (χ1) is 14.2. The fraction of sp³-hybridized carbons (Fsp3) is 0.500. The van der Waals surface area contributed by atoms with Gasteiger partial charge >= 0.3 is 6.18 Å². The van der Waals surface area contributed by atoms with Crippen molar-refractivity contribution in [3.05, 3.63) is 41.0 Å². The maximum atomic E-state index is 13.7. The maximum absolute atomic E-state index is 13.7. The van der Waals surface area contributed by atoms with Gasteiger partial charge in [0.1, 0.15) is 6.54 Å². The number of aryl methyl sites for hydroxylation is 2. The average molecular weight is 420 g/mol. The van der Waals surface area contributed by atoms with E-state index in [0.717, 1.165) is 24.6 Å². The van der Waals surface area contributed by atoms with Crippen LogP contribution in [0.5, 0.6) is 0 Å². The standard InChI is InChI=1S/C20H23F3N6O/c1-4-28-16(7-8-24-28)11(2)25-17(30)10-29-19-18(12(3)27-29)14(20(21,22)23)9-15(26-19)13-5-6-13/h7-9,11,13H,4-6,10H2,1-3H3,(H,25,30). The highest BCUT2D eigenvalue weighted by atomic mass is 19.4. The molecule has 30 heavy (non-hydrogen) atoms. The Morgan fingerprint density at radius 2 is 2.07 bits per heavy atom. The average Bonchev–Trinajstić information content (AvgIpc) is 3.33. The molecular weight excluding hydrogens is 397 g/mol. The highest BCUT2D eigenvalue weighted by Gasteiger charge is 2.37. The fourth-order valence-electron chi connectivity index (χ4n) is 3.77. The van der Waals surface area contributed by atoms with E-state index >= 15 is 0 Å². The molecule has 0 radical (unpaired) electrons. The summed E-state index contributed by atoms with van der Waals surface area (Å²) in [7, 11) is 0. The Kier molecular flexibility index (Phi) is 5.03. The molecule has 0 spiro atoms. The van der Waals surface area contributed by atoms with Gasteiger partial charge < -0.3 is 5.32 Å². The van der Waals surface area contributed by atoms with Crippen molar-refractivity contribution in [2.75, 3.05) is 0 Å². The van der Waals surface area contributed by atoms with Gasteiger partial charge in [-0.05, 0) is 45.7 Å². The van der Waals surface area contributed by atoms with Crippen LogP contribution in [0.15, 0.2) is 18.3 Å². The Hall–Kier alpha value is -2.91. The van der Waals surface area contributed by atoms with Crippen LogP contribution in [0, 0.1) is 6.92 Å². The number of aromatic nitrogens is 5. The molecule has 0 aliphatic heterocycles. The number of pyridine rings is 1. The predicted molar refractivity (Wildman–Crippen MR) is 104 cm³/mol. The first kappa shape index (κ1) is 20.4. The van der Waals surface area contributed by atoms with Crippen molar-refractivity contribution in [1.82, 2.24) is 29.9 Å². The highest BCUT2D eigenvalue weighted by Crippen LogP contribution is 2.43. The van der Waals surface area contributed by atoms with Crippen LogP contribution in [-0.2, 0) is 24.1 Å². The third kappa shape index (κ3) is 3.78. The van der Waals surface area contributed by atoms with Gasteiger partial charge in [-0.15, -0.1) is 0 Å². The summed E-state index contributed by atoms with van der Waals surface area (Å²) in [5, 5.41) is 11.2. The summed E-state index contributed by atoms with van der Waals surface area (Å²) in [6.07, 6.45) is -1.20. The summed E-state index contributed by atoms with van der Waals surface area (Å²) in [5.41, 5.74) is 0.832. The molecule has 0 aromatic carbocycles. The summed E-state index contributed by atoms with van der Waals surface area (Å²) in [6, 6.07) is 2.65. The lowest BCUT2D eigenvalue weighted by Crippen LogP contribution is -2.31. The van der Waals surface area contributed by atoms with E-state index in [1.165, 1.54) is 11.6 Å². The molecule has 3 aromatic rings. The number of hydrogen-bond donors (Lipinski definition) is 1. The van der Waals surface area contributed by atoms with Gasteiger partial charge in [0.05, 0.1) is 28.4 Å². The molecule has 3 heterocycles. The first-order valence-corrected chi connectivity index (χ1v) is 9.95. The van der Waals surface area contributed by atoms with Crippen molar-refractivity contribution < 1.29 is 18.0 Å². The zero-order chi connectivity index (χ0) is 21.6. The molecule has 160 valence electrons. The third-order valence-corrected chi connectivity index (χ3v) is 5.36. The molecule has 1 saturated carbocycles. The molecular formula is C20H23F3N6O. The summed E-state index contributed by atoms with van der Waals surface area (Å²) in [5.74, 6) is -0.315. The summed E-state index contributed by atoms with van der Waals surface area (Å²) >= 11 is 0. The number of halogens is 3. The van der Waals surface area contributed by atoms with Crippen molar-refractivity contribution in [1.29, 1.82) is 0 Å². The van der Waals surface area contributed by atoms with E-state index in [4.69, 9.17) is 0 Å². The normalized spacial score (nSPS) is 15.5. The number of carbonyl (C=O) groups excluding carboxylic acids is 1. The molecule has 1 amide bonds. The van der Waals surface area contributed by atoms with Crippen LogP contribution in [-0.4, -0.2) is 30.5 Å². The zero-order valence-electron chi connectivity index (χ0n) is 17.0. The van der Waals surface area contributed by atoms with Crippen LogP contribution >= 0.6 is 0 Å². The number of hydrogen-bond acceptors (Lipinski definition) is 4. The minimum Gasteiger partial charge on any atom is -0.346 e. The van der Waals surface area contributed by atoms with Gasteiger partial charge in [0.25, 0.3) is 0 Å². The maximum Gasteiger partial charge on any atom is 0.417 e. The van der Waals surface area contributed by atoms with Crippen molar-refractivity contribution >= 4 is 16.9 Å². The quantitative estimate of drug-likeness (QED) is 0.659. The Morgan fingerprint density at radius 1 is 1.33 bits per heavy atom. The summed E-state index contributed by atoms with van der Waals surface area (Å²) in [4.78, 5) is 17.1. The topological polar surface area (TPSA) is 77.6 Å². The number of alkyl halides is 3. The zero-order valence-corrected chi connectivity index (χ0v) is 17.0. The van der Waals surface area contributed by atoms with Gasteiger partial charge in [-0.25, -0.2) is 9.67 Å². The number of fused-ring (bicyclic) bond motifs is 1. The largest absolute Gasteiger partial charge is 0.417 e. The van der Waals surface area contributed by atoms with Crippen molar-refractivity contribution in [2.24, 2.45) is 0 Å². The van der Waals surface area contributed by atoms with E-state index in [9.17, 15) is 18.0 Å². The molecule has 0 saturated heterocycles. The van der Waals surface area contributed by atoms with Crippen LogP contribution in [0.2, 0.25) is 0 Å². The molecule has 1 fully saturated rings. The molecule has 1 N–H and O–H groups in total. The molecule has 10 heteroatoms. The molecule has 1 aliphatic carbocycles. The van der Waals surface area contributed by atoms with Gasteiger partial charge in [0.15, 0.2) is 5.65 Å². The van der Waals surface area contributed by atoms with E-state index in [0.29, 0.717) is 12.2 Å². The molecule has 1 aliphatic rings. The number of nitrogens with one attached hydrogen (secondary N) is 1. The minimum absolute atomic E-state index is 0.0438. The highest BCUT2D eigenvalue weighted by molar-refractivity contribution is 5.85. The molecule has 3 aromatic heterocycles. The second-order valence-corrected chi connectivity index (χ2v) is 7.67. The number of nitrogens with zero attached hydrogens (tertiary/aromatic N) is 5. The van der Waals surface area contributed by atoms with Crippen LogP contribution < -0.4 is 5.32 Å². The minimum atomic E-state index is -4.52. The van der Waals surface area contributed by atoms with Crippen molar-refractivity contribution in [3.63, 3.8) is 0 Å². The van der Waals surface area contributed by atoms with Gasteiger partial charge in [-0.1, -0.05) is 0 Å². The smallest absolute Gasteiger partial charge is 0.346 e. The molecule has 1 atom stereocenters. The first-order valence-electron chi connectivity index (χ1n) is 9.95. The number of carbonyl (C=O) groups is 1. The van der Waals surface area contributed by atoms with E-state index in [2.05, 4.69) is 20.5 Å². The third-order valence-electron chi connectivity index (χ3n) is 5.36. The SMILES string of the molecule is CCn1nccc1C(C)NC(=O)Cn1nc(C)c2c(C(F)(F)F)cc(C3CC3)nc21. The van der Waals surface area contributed by atoms with Gasteiger partial charge in [0.2, 0.25) is 5.91 Å². The lowest BCUT2D eigenvalue weighted by molar-refractivity contribution is -0.136. The van der Waals surface area contributed by atoms with Gasteiger partial charge in [0, 0.05) is 24.4 Å². The molecule has 1 unspecified atom stereocenters. The number of amides is 1. The lowest BCUT2D eigenvalue weighted by atomic mass is 10.1. The fourth-order valence-corrected chi connectivity index (χ4v) is 3.77. The molecule has 4 rings (SSSR count). The second-order valence-electron chi connectivity index (χ2n) is 7.67. The monoisotopic (exact) mass is 420 g/mol. The Morgan fingerprint density at radius 3 is 2.70 bits per heavy atom. The van der Waals surface area contributed by atoms with Gasteiger partial charge in [-0.2, -0.15) is 23.4 Å². The summed E-state index contributed by atoms with van der Waals surface area (Å²) < 4.78 is 44.1. The predicted octanol–water partition coefficient (Wildman–Crippen LogP) is 3.73. The van der Waals surface area contributed by atoms with E-state index in [1.807, 2.05) is 19.9 Å². The van der Waals surface area contributed by atoms with Crippen LogP contribution in [0.3, 0.4) is 0 Å². The van der Waals surface area contributed by atoms with Crippen molar-refractivity contribution in [3.8, 4) is 0 Å². The van der Waals surface area contributed by atoms with Crippen LogP contribution in [0.25, 0.3) is 11.0 Å². The Bertz CT molecular complexity index is 1100. The van der Waals surface area contributed by atoms with Gasteiger partial charge in [-0.3, -0.25) is 9.48 Å². The molecule has 7 nitrogen and oxygen atoms in total.